The van der Waals surface area contributed by atoms with Gasteiger partial charge in [0.2, 0.25) is 5.75 Å². The summed E-state index contributed by atoms with van der Waals surface area (Å²) in [7, 11) is 6.68. The highest BCUT2D eigenvalue weighted by Gasteiger charge is 2.15. The molecule has 6 heteroatoms. The van der Waals surface area contributed by atoms with E-state index in [0.717, 1.165) is 30.9 Å². The molecule has 0 fully saturated rings. The number of nitrogens with one attached hydrogen (secondary N) is 2. The summed E-state index contributed by atoms with van der Waals surface area (Å²) >= 11 is 0. The average molecular weight is 366 g/mol. The number of benzene rings is 1. The number of hydrogen-bond donors (Lipinski definition) is 2. The van der Waals surface area contributed by atoms with Gasteiger partial charge >= 0.3 is 0 Å². The molecule has 0 bridgehead atoms. The van der Waals surface area contributed by atoms with E-state index in [1.54, 1.807) is 28.4 Å². The van der Waals surface area contributed by atoms with Gasteiger partial charge in [-0.25, -0.2) is 0 Å². The molecule has 2 N–H and O–H groups in total. The van der Waals surface area contributed by atoms with Gasteiger partial charge in [0.1, 0.15) is 0 Å². The molecule has 0 aromatic heterocycles. The molecule has 1 unspecified atom stereocenters. The van der Waals surface area contributed by atoms with Gasteiger partial charge in [-0.05, 0) is 25.8 Å². The van der Waals surface area contributed by atoms with Gasteiger partial charge in [-0.1, -0.05) is 32.3 Å². The number of unbranched alkanes of at least 4 members (excludes halogenated alkanes) is 2. The van der Waals surface area contributed by atoms with E-state index in [9.17, 15) is 0 Å². The molecule has 0 saturated heterocycles. The Balaban J connectivity index is 2.60. The van der Waals surface area contributed by atoms with Gasteiger partial charge in [0.15, 0.2) is 17.5 Å². The fourth-order valence-corrected chi connectivity index (χ4v) is 2.88. The first kappa shape index (κ1) is 21.9. The third-order valence-corrected chi connectivity index (χ3v) is 4.32. The lowest BCUT2D eigenvalue weighted by Crippen LogP contribution is -2.42. The molecule has 0 aliphatic rings. The quantitative estimate of drug-likeness (QED) is 0.357. The van der Waals surface area contributed by atoms with E-state index in [0.29, 0.717) is 23.3 Å². The van der Waals surface area contributed by atoms with Crippen LogP contribution in [0.3, 0.4) is 0 Å². The second-order valence-corrected chi connectivity index (χ2v) is 6.28. The van der Waals surface area contributed by atoms with E-state index in [2.05, 4.69) is 29.5 Å². The first-order chi connectivity index (χ1) is 12.6. The van der Waals surface area contributed by atoms with Crippen molar-refractivity contribution in [3.05, 3.63) is 17.7 Å². The van der Waals surface area contributed by atoms with Crippen LogP contribution < -0.4 is 24.8 Å². The summed E-state index contributed by atoms with van der Waals surface area (Å²) in [5.41, 5.74) is 1.06. The highest BCUT2D eigenvalue weighted by atomic mass is 16.5. The first-order valence-corrected chi connectivity index (χ1v) is 9.36. The van der Waals surface area contributed by atoms with Crippen LogP contribution in [-0.4, -0.2) is 46.9 Å². The third-order valence-electron chi connectivity index (χ3n) is 4.32. The van der Waals surface area contributed by atoms with Crippen LogP contribution in [-0.2, 0) is 6.42 Å². The Labute approximate surface area is 158 Å². The van der Waals surface area contributed by atoms with Crippen LogP contribution in [0.1, 0.15) is 45.1 Å². The monoisotopic (exact) mass is 365 g/mol. The summed E-state index contributed by atoms with van der Waals surface area (Å²) < 4.78 is 16.3. The average Bonchev–Trinajstić information content (AvgIpc) is 2.66. The molecule has 148 valence electrons. The summed E-state index contributed by atoms with van der Waals surface area (Å²) in [4.78, 5) is 4.31. The number of ether oxygens (including phenoxy) is 3. The lowest BCUT2D eigenvalue weighted by atomic mass is 10.1. The largest absolute Gasteiger partial charge is 0.493 e. The lowest BCUT2D eigenvalue weighted by Gasteiger charge is -2.19. The molecule has 1 aromatic carbocycles. The topological polar surface area (TPSA) is 64.1 Å². The van der Waals surface area contributed by atoms with Crippen molar-refractivity contribution < 1.29 is 14.2 Å². The van der Waals surface area contributed by atoms with Crippen molar-refractivity contribution in [3.63, 3.8) is 0 Å². The van der Waals surface area contributed by atoms with Crippen LogP contribution in [0.15, 0.2) is 17.1 Å². The SMILES string of the molecule is CCCCCC(C)NC(=NC)NCCc1ccc(OC)c(OC)c1OC. The normalized spacial score (nSPS) is 12.5. The molecule has 1 rings (SSSR count). The van der Waals surface area contributed by atoms with Gasteiger partial charge in [0.05, 0.1) is 21.3 Å². The van der Waals surface area contributed by atoms with E-state index in [1.807, 2.05) is 12.1 Å². The van der Waals surface area contributed by atoms with Crippen molar-refractivity contribution in [1.82, 2.24) is 10.6 Å². The zero-order valence-electron chi connectivity index (χ0n) is 17.1. The number of hydrogen-bond acceptors (Lipinski definition) is 4. The molecule has 0 radical (unpaired) electrons. The predicted molar refractivity (Wildman–Crippen MR) is 108 cm³/mol. The minimum Gasteiger partial charge on any atom is -0.493 e. The van der Waals surface area contributed by atoms with Crippen LogP contribution in [0, 0.1) is 0 Å². The summed E-state index contributed by atoms with van der Waals surface area (Å²) in [6.07, 6.45) is 5.70. The molecule has 0 heterocycles. The molecule has 0 saturated carbocycles. The van der Waals surface area contributed by atoms with Crippen molar-refractivity contribution in [2.45, 2.75) is 52.0 Å². The van der Waals surface area contributed by atoms with Gasteiger partial charge in [-0.15, -0.1) is 0 Å². The standard InChI is InChI=1S/C20H35N3O3/c1-7-8-9-10-15(2)23-20(21-3)22-14-13-16-11-12-17(24-4)19(26-6)18(16)25-5/h11-12,15H,7-10,13-14H2,1-6H3,(H2,21,22,23). The fraction of sp³-hybridized carbons (Fsp3) is 0.650. The molecule has 0 aliphatic heterocycles. The van der Waals surface area contributed by atoms with E-state index in [1.165, 1.54) is 19.3 Å². The second-order valence-electron chi connectivity index (χ2n) is 6.28. The van der Waals surface area contributed by atoms with Gasteiger partial charge in [-0.2, -0.15) is 0 Å². The molecule has 6 nitrogen and oxygen atoms in total. The molecule has 0 spiro atoms. The van der Waals surface area contributed by atoms with E-state index < -0.39 is 0 Å². The minimum atomic E-state index is 0.406. The van der Waals surface area contributed by atoms with E-state index in [4.69, 9.17) is 14.2 Å². The molecule has 26 heavy (non-hydrogen) atoms. The van der Waals surface area contributed by atoms with Crippen LogP contribution in [0.2, 0.25) is 0 Å². The fourth-order valence-electron chi connectivity index (χ4n) is 2.88. The Morgan fingerprint density at radius 3 is 2.38 bits per heavy atom. The number of rotatable bonds is 11. The summed E-state index contributed by atoms with van der Waals surface area (Å²) in [5.74, 6) is 2.83. The third kappa shape index (κ3) is 6.65. The maximum atomic E-state index is 5.53. The van der Waals surface area contributed by atoms with Crippen molar-refractivity contribution in [3.8, 4) is 17.2 Å². The van der Waals surface area contributed by atoms with Gasteiger partial charge in [0.25, 0.3) is 0 Å². The second kappa shape index (κ2) is 12.3. The highest BCUT2D eigenvalue weighted by Crippen LogP contribution is 2.39. The predicted octanol–water partition coefficient (Wildman–Crippen LogP) is 3.39. The lowest BCUT2D eigenvalue weighted by molar-refractivity contribution is 0.322. The molecule has 1 aromatic rings. The number of methoxy groups -OCH3 is 3. The molecule has 1 atom stereocenters. The van der Waals surface area contributed by atoms with E-state index >= 15 is 0 Å². The van der Waals surface area contributed by atoms with Crippen molar-refractivity contribution in [1.29, 1.82) is 0 Å². The smallest absolute Gasteiger partial charge is 0.203 e. The Hall–Kier alpha value is -2.11. The van der Waals surface area contributed by atoms with Crippen molar-refractivity contribution in [2.24, 2.45) is 4.99 Å². The van der Waals surface area contributed by atoms with Crippen LogP contribution >= 0.6 is 0 Å². The maximum Gasteiger partial charge on any atom is 0.203 e. The Bertz CT molecular complexity index is 561. The van der Waals surface area contributed by atoms with Gasteiger partial charge in [-0.3, -0.25) is 4.99 Å². The number of nitrogens with zero attached hydrogens (tertiary/aromatic N) is 1. The van der Waals surface area contributed by atoms with Gasteiger partial charge < -0.3 is 24.8 Å². The zero-order valence-corrected chi connectivity index (χ0v) is 17.1. The van der Waals surface area contributed by atoms with Crippen molar-refractivity contribution in [2.75, 3.05) is 34.9 Å². The minimum absolute atomic E-state index is 0.406. The Morgan fingerprint density at radius 1 is 1.08 bits per heavy atom. The van der Waals surface area contributed by atoms with Crippen LogP contribution in [0.5, 0.6) is 17.2 Å². The van der Waals surface area contributed by atoms with Crippen molar-refractivity contribution >= 4 is 5.96 Å². The summed E-state index contributed by atoms with van der Waals surface area (Å²) in [6.45, 7) is 5.16. The van der Waals surface area contributed by atoms with Gasteiger partial charge in [0, 0.05) is 25.2 Å². The number of aliphatic imine (C=N–C) groups is 1. The van der Waals surface area contributed by atoms with E-state index in [-0.39, 0.29) is 0 Å². The van der Waals surface area contributed by atoms with Crippen LogP contribution in [0.4, 0.5) is 0 Å². The van der Waals surface area contributed by atoms with Crippen LogP contribution in [0.25, 0.3) is 0 Å². The Kier molecular flexibility index (Phi) is 10.4. The Morgan fingerprint density at radius 2 is 1.81 bits per heavy atom. The summed E-state index contributed by atoms with van der Waals surface area (Å²) in [5, 5.41) is 6.81. The highest BCUT2D eigenvalue weighted by molar-refractivity contribution is 5.79. The first-order valence-electron chi connectivity index (χ1n) is 9.36. The molecular formula is C20H35N3O3. The molecule has 0 amide bonds. The summed E-state index contributed by atoms with van der Waals surface area (Å²) in [6, 6.07) is 4.31. The molecule has 0 aliphatic carbocycles. The number of guanidine groups is 1. The zero-order chi connectivity index (χ0) is 19.4. The molecular weight excluding hydrogens is 330 g/mol. The maximum absolute atomic E-state index is 5.53.